The minimum atomic E-state index is -3.45. The van der Waals surface area contributed by atoms with E-state index in [1.807, 2.05) is 30.3 Å². The first-order valence-electron chi connectivity index (χ1n) is 9.74. The Balaban J connectivity index is 1.98. The number of sulfonamides is 1. The van der Waals surface area contributed by atoms with E-state index in [2.05, 4.69) is 19.2 Å². The van der Waals surface area contributed by atoms with E-state index in [0.717, 1.165) is 18.2 Å². The molecule has 1 unspecified atom stereocenters. The van der Waals surface area contributed by atoms with E-state index in [0.29, 0.717) is 23.0 Å². The van der Waals surface area contributed by atoms with Gasteiger partial charge < -0.3 is 5.32 Å². The maximum atomic E-state index is 12.5. The van der Waals surface area contributed by atoms with Gasteiger partial charge in [-0.1, -0.05) is 55.8 Å². The topological polar surface area (TPSA) is 66.5 Å². The van der Waals surface area contributed by atoms with E-state index in [4.69, 9.17) is 11.6 Å². The highest BCUT2D eigenvalue weighted by Gasteiger charge is 2.19. The second-order valence-electron chi connectivity index (χ2n) is 7.58. The van der Waals surface area contributed by atoms with Gasteiger partial charge in [0.2, 0.25) is 15.9 Å². The van der Waals surface area contributed by atoms with Crippen LogP contribution in [0.4, 0.5) is 5.69 Å². The molecule has 2 aromatic rings. The van der Waals surface area contributed by atoms with E-state index in [9.17, 15) is 13.2 Å². The van der Waals surface area contributed by atoms with Crippen LogP contribution in [0.5, 0.6) is 0 Å². The Labute approximate surface area is 179 Å². The molecule has 0 bridgehead atoms. The van der Waals surface area contributed by atoms with Crippen molar-refractivity contribution in [3.05, 3.63) is 65.2 Å². The van der Waals surface area contributed by atoms with Gasteiger partial charge in [-0.2, -0.15) is 0 Å². The van der Waals surface area contributed by atoms with Crippen LogP contribution in [0.3, 0.4) is 0 Å². The number of benzene rings is 2. The van der Waals surface area contributed by atoms with Gasteiger partial charge in [-0.15, -0.1) is 0 Å². The third-order valence-corrected chi connectivity index (χ3v) is 5.97. The molecule has 0 heterocycles. The summed E-state index contributed by atoms with van der Waals surface area (Å²) in [7, 11) is -3.45. The molecule has 0 saturated heterocycles. The molecule has 1 N–H and O–H groups in total. The van der Waals surface area contributed by atoms with Crippen molar-refractivity contribution in [2.45, 2.75) is 39.2 Å². The molecule has 0 aromatic heterocycles. The van der Waals surface area contributed by atoms with Gasteiger partial charge >= 0.3 is 0 Å². The molecular weight excluding hydrogens is 408 g/mol. The van der Waals surface area contributed by atoms with E-state index < -0.39 is 10.0 Å². The molecule has 29 heavy (non-hydrogen) atoms. The van der Waals surface area contributed by atoms with Gasteiger partial charge in [0.05, 0.1) is 18.0 Å². The van der Waals surface area contributed by atoms with Crippen molar-refractivity contribution in [2.75, 3.05) is 17.1 Å². The molecule has 158 valence electrons. The van der Waals surface area contributed by atoms with Gasteiger partial charge in [0.25, 0.3) is 0 Å². The zero-order valence-electron chi connectivity index (χ0n) is 17.1. The van der Waals surface area contributed by atoms with Crippen molar-refractivity contribution in [1.82, 2.24) is 5.32 Å². The molecule has 5 nitrogen and oxygen atoms in total. The monoisotopic (exact) mass is 436 g/mol. The third kappa shape index (κ3) is 7.71. The molecule has 0 spiro atoms. The Bertz CT molecular complexity index is 884. The minimum absolute atomic E-state index is 0.0500. The Morgan fingerprint density at radius 3 is 2.24 bits per heavy atom. The van der Waals surface area contributed by atoms with E-state index in [-0.39, 0.29) is 24.9 Å². The van der Waals surface area contributed by atoms with Crippen molar-refractivity contribution in [3.63, 3.8) is 0 Å². The summed E-state index contributed by atoms with van der Waals surface area (Å²) in [6, 6.07) is 16.5. The Morgan fingerprint density at radius 1 is 1.07 bits per heavy atom. The van der Waals surface area contributed by atoms with E-state index in [1.165, 1.54) is 4.31 Å². The highest BCUT2D eigenvalue weighted by atomic mass is 35.5. The lowest BCUT2D eigenvalue weighted by Gasteiger charge is -2.23. The fourth-order valence-electron chi connectivity index (χ4n) is 3.18. The summed E-state index contributed by atoms with van der Waals surface area (Å²) in [4.78, 5) is 12.5. The average molecular weight is 437 g/mol. The summed E-state index contributed by atoms with van der Waals surface area (Å²) in [6.45, 7) is 4.48. The van der Waals surface area contributed by atoms with Crippen LogP contribution < -0.4 is 9.62 Å². The fraction of sp³-hybridized carbons (Fsp3) is 0.409. The van der Waals surface area contributed by atoms with Crippen LogP contribution in [-0.4, -0.2) is 27.1 Å². The smallest absolute Gasteiger partial charge is 0.232 e. The lowest BCUT2D eigenvalue weighted by Crippen LogP contribution is -2.33. The highest BCUT2D eigenvalue weighted by Crippen LogP contribution is 2.23. The molecule has 0 saturated carbocycles. The van der Waals surface area contributed by atoms with Gasteiger partial charge in [-0.25, -0.2) is 8.42 Å². The molecule has 0 aliphatic rings. The molecule has 2 rings (SSSR count). The fourth-order valence-corrected chi connectivity index (χ4v) is 4.27. The number of carbonyl (C=O) groups is 1. The van der Waals surface area contributed by atoms with E-state index >= 15 is 0 Å². The normalized spacial score (nSPS) is 12.6. The SMILES string of the molecule is CC(C)CC(NC(=O)CCCN(c1ccc(Cl)cc1)S(C)(=O)=O)c1ccccc1. The largest absolute Gasteiger partial charge is 0.349 e. The lowest BCUT2D eigenvalue weighted by molar-refractivity contribution is -0.122. The van der Waals surface area contributed by atoms with Crippen molar-refractivity contribution >= 4 is 33.2 Å². The zero-order chi connectivity index (χ0) is 21.4. The second kappa shape index (κ2) is 10.6. The number of hydrogen-bond acceptors (Lipinski definition) is 3. The van der Waals surface area contributed by atoms with Gasteiger partial charge in [-0.3, -0.25) is 9.10 Å². The molecule has 1 atom stereocenters. The van der Waals surface area contributed by atoms with E-state index in [1.54, 1.807) is 24.3 Å². The minimum Gasteiger partial charge on any atom is -0.349 e. The number of carbonyl (C=O) groups excluding carboxylic acids is 1. The van der Waals surface area contributed by atoms with Crippen molar-refractivity contribution in [2.24, 2.45) is 5.92 Å². The quantitative estimate of drug-likeness (QED) is 0.582. The van der Waals surface area contributed by atoms with Crippen LogP contribution in [-0.2, 0) is 14.8 Å². The molecule has 0 aliphatic heterocycles. The standard InChI is InChI=1S/C22H29ClN2O3S/c1-17(2)16-21(18-8-5-4-6-9-18)24-22(26)10-7-15-25(29(3,27)28)20-13-11-19(23)12-14-20/h4-6,8-9,11-14,17,21H,7,10,15-16H2,1-3H3,(H,24,26). The summed E-state index contributed by atoms with van der Waals surface area (Å²) in [5.74, 6) is 0.357. The summed E-state index contributed by atoms with van der Waals surface area (Å²) in [5, 5.41) is 3.64. The van der Waals surface area contributed by atoms with Gasteiger partial charge in [-0.05, 0) is 48.6 Å². The molecule has 0 aliphatic carbocycles. The van der Waals surface area contributed by atoms with Crippen LogP contribution in [0.15, 0.2) is 54.6 Å². The molecular formula is C22H29ClN2O3S. The number of nitrogens with zero attached hydrogens (tertiary/aromatic N) is 1. The first-order chi connectivity index (χ1) is 13.7. The molecule has 7 heteroatoms. The van der Waals surface area contributed by atoms with Crippen LogP contribution in [0.2, 0.25) is 5.02 Å². The third-order valence-electron chi connectivity index (χ3n) is 4.52. The number of amides is 1. The number of anilines is 1. The van der Waals surface area contributed by atoms with Crippen molar-refractivity contribution < 1.29 is 13.2 Å². The zero-order valence-corrected chi connectivity index (χ0v) is 18.7. The van der Waals surface area contributed by atoms with Gasteiger partial charge in [0.15, 0.2) is 0 Å². The van der Waals surface area contributed by atoms with Crippen molar-refractivity contribution in [1.29, 1.82) is 0 Å². The highest BCUT2D eigenvalue weighted by molar-refractivity contribution is 7.92. The first kappa shape index (κ1) is 23.2. The lowest BCUT2D eigenvalue weighted by atomic mass is 9.97. The van der Waals surface area contributed by atoms with Gasteiger partial charge in [0, 0.05) is 18.0 Å². The molecule has 2 aromatic carbocycles. The van der Waals surface area contributed by atoms with Crippen molar-refractivity contribution in [3.8, 4) is 0 Å². The summed E-state index contributed by atoms with van der Waals surface area (Å²) >= 11 is 5.89. The molecule has 1 amide bonds. The maximum Gasteiger partial charge on any atom is 0.232 e. The summed E-state index contributed by atoms with van der Waals surface area (Å²) in [6.07, 6.45) is 2.68. The predicted molar refractivity (Wildman–Crippen MR) is 120 cm³/mol. The first-order valence-corrected chi connectivity index (χ1v) is 12.0. The number of rotatable bonds is 10. The molecule has 0 radical (unpaired) electrons. The Hall–Kier alpha value is -2.05. The Morgan fingerprint density at radius 2 is 1.69 bits per heavy atom. The molecule has 0 fully saturated rings. The number of halogens is 1. The predicted octanol–water partition coefficient (Wildman–Crippen LogP) is 4.79. The van der Waals surface area contributed by atoms with Gasteiger partial charge in [0.1, 0.15) is 0 Å². The Kier molecular flexibility index (Phi) is 8.53. The van der Waals surface area contributed by atoms with Crippen LogP contribution in [0, 0.1) is 5.92 Å². The van der Waals surface area contributed by atoms with Crippen LogP contribution in [0.1, 0.15) is 44.7 Å². The maximum absolute atomic E-state index is 12.5. The number of hydrogen-bond donors (Lipinski definition) is 1. The number of nitrogens with one attached hydrogen (secondary N) is 1. The summed E-state index contributed by atoms with van der Waals surface area (Å²) in [5.41, 5.74) is 1.62. The summed E-state index contributed by atoms with van der Waals surface area (Å²) < 4.78 is 25.6. The second-order valence-corrected chi connectivity index (χ2v) is 9.92. The van der Waals surface area contributed by atoms with Crippen LogP contribution >= 0.6 is 11.6 Å². The van der Waals surface area contributed by atoms with Crippen LogP contribution in [0.25, 0.3) is 0 Å². The average Bonchev–Trinajstić information content (AvgIpc) is 2.65.